The fourth-order valence-corrected chi connectivity index (χ4v) is 3.22. The Hall–Kier alpha value is 1.02. The Labute approximate surface area is 140 Å². The zero-order valence-electron chi connectivity index (χ0n) is 12.8. The quantitative estimate of drug-likeness (QED) is 0.143. The Morgan fingerprint density at radius 2 is 0.684 bits per heavy atom. The van der Waals surface area contributed by atoms with Gasteiger partial charge in [-0.25, -0.2) is 0 Å². The van der Waals surface area contributed by atoms with Gasteiger partial charge in [-0.2, -0.15) is 0 Å². The summed E-state index contributed by atoms with van der Waals surface area (Å²) in [6.07, 6.45) is 21.4. The van der Waals surface area contributed by atoms with E-state index in [1.807, 2.05) is 0 Å². The van der Waals surface area contributed by atoms with Gasteiger partial charge < -0.3 is 0 Å². The van der Waals surface area contributed by atoms with E-state index >= 15 is 0 Å². The molecule has 116 valence electrons. The molecular formula is C17H34ClI. The Bertz CT molecular complexity index is 134. The van der Waals surface area contributed by atoms with Crippen molar-refractivity contribution in [2.24, 2.45) is 0 Å². The molecule has 0 aromatic rings. The van der Waals surface area contributed by atoms with E-state index in [0.29, 0.717) is 0 Å². The van der Waals surface area contributed by atoms with Crippen molar-refractivity contribution in [1.82, 2.24) is 0 Å². The molecule has 0 saturated carbocycles. The van der Waals surface area contributed by atoms with Gasteiger partial charge >= 0.3 is 0 Å². The molecule has 0 spiro atoms. The minimum Gasteiger partial charge on any atom is -0.127 e. The van der Waals surface area contributed by atoms with Gasteiger partial charge in [-0.1, -0.05) is 106 Å². The summed E-state index contributed by atoms with van der Waals surface area (Å²) in [6.45, 7) is 0. The van der Waals surface area contributed by atoms with Crippen LogP contribution < -0.4 is 0 Å². The summed E-state index contributed by atoms with van der Waals surface area (Å²) in [5.74, 6) is 0.845. The van der Waals surface area contributed by atoms with Crippen molar-refractivity contribution < 1.29 is 0 Å². The second-order valence-corrected chi connectivity index (χ2v) is 7.14. The summed E-state index contributed by atoms with van der Waals surface area (Å²) in [4.78, 5) is 0. The Morgan fingerprint density at radius 1 is 0.421 bits per heavy atom. The lowest BCUT2D eigenvalue weighted by Crippen LogP contribution is -1.84. The third-order valence-electron chi connectivity index (χ3n) is 3.77. The van der Waals surface area contributed by atoms with E-state index in [9.17, 15) is 0 Å². The molecule has 0 aliphatic carbocycles. The molecule has 0 saturated heterocycles. The fraction of sp³-hybridized carbons (Fsp3) is 1.00. The lowest BCUT2D eigenvalue weighted by atomic mass is 10.0. The molecule has 0 unspecified atom stereocenters. The lowest BCUT2D eigenvalue weighted by molar-refractivity contribution is 0.535. The highest BCUT2D eigenvalue weighted by molar-refractivity contribution is 14.1. The summed E-state index contributed by atoms with van der Waals surface area (Å²) < 4.78 is 1.34. The smallest absolute Gasteiger partial charge is 0.0223 e. The van der Waals surface area contributed by atoms with E-state index < -0.39 is 0 Å². The monoisotopic (exact) mass is 400 g/mol. The van der Waals surface area contributed by atoms with E-state index in [1.165, 1.54) is 101 Å². The van der Waals surface area contributed by atoms with E-state index in [0.717, 1.165) is 5.88 Å². The predicted molar refractivity (Wildman–Crippen MR) is 98.9 cm³/mol. The van der Waals surface area contributed by atoms with Crippen LogP contribution >= 0.6 is 34.2 Å². The molecule has 0 aliphatic rings. The zero-order chi connectivity index (χ0) is 14.0. The predicted octanol–water partition coefficient (Wildman–Crippen LogP) is 7.51. The summed E-state index contributed by atoms with van der Waals surface area (Å²) in [5.41, 5.74) is 0. The Balaban J connectivity index is 2.88. The summed E-state index contributed by atoms with van der Waals surface area (Å²) in [6, 6.07) is 0. The normalized spacial score (nSPS) is 11.1. The van der Waals surface area contributed by atoms with Crippen LogP contribution in [0.3, 0.4) is 0 Å². The topological polar surface area (TPSA) is 0 Å². The van der Waals surface area contributed by atoms with Crippen LogP contribution in [0, 0.1) is 0 Å². The van der Waals surface area contributed by atoms with Crippen LogP contribution in [-0.4, -0.2) is 10.3 Å². The largest absolute Gasteiger partial charge is 0.127 e. The minimum atomic E-state index is 0.845. The molecule has 0 heterocycles. The number of hydrogen-bond acceptors (Lipinski definition) is 0. The first-order valence-corrected chi connectivity index (χ1v) is 10.6. The molecule has 0 aromatic carbocycles. The molecule has 0 atom stereocenters. The van der Waals surface area contributed by atoms with Crippen molar-refractivity contribution in [2.45, 2.75) is 96.3 Å². The highest BCUT2D eigenvalue weighted by atomic mass is 127. The first-order chi connectivity index (χ1) is 9.41. The molecule has 19 heavy (non-hydrogen) atoms. The molecule has 0 fully saturated rings. The van der Waals surface area contributed by atoms with Crippen molar-refractivity contribution in [1.29, 1.82) is 0 Å². The van der Waals surface area contributed by atoms with E-state index in [-0.39, 0.29) is 0 Å². The Morgan fingerprint density at radius 3 is 0.947 bits per heavy atom. The fourth-order valence-electron chi connectivity index (χ4n) is 2.49. The van der Waals surface area contributed by atoms with Crippen molar-refractivity contribution in [3.8, 4) is 0 Å². The van der Waals surface area contributed by atoms with Crippen LogP contribution in [0.2, 0.25) is 0 Å². The van der Waals surface area contributed by atoms with Gasteiger partial charge in [0, 0.05) is 5.88 Å². The van der Waals surface area contributed by atoms with Crippen LogP contribution in [0.4, 0.5) is 0 Å². The van der Waals surface area contributed by atoms with Crippen molar-refractivity contribution in [3.63, 3.8) is 0 Å². The molecular weight excluding hydrogens is 367 g/mol. The number of alkyl halides is 2. The average Bonchev–Trinajstić information content (AvgIpc) is 2.43. The zero-order valence-corrected chi connectivity index (χ0v) is 15.7. The molecule has 0 radical (unpaired) electrons. The first kappa shape index (κ1) is 20.0. The molecule has 0 amide bonds. The number of halogens is 2. The maximum Gasteiger partial charge on any atom is 0.0223 e. The molecule has 0 aliphatic heterocycles. The number of hydrogen-bond donors (Lipinski definition) is 0. The van der Waals surface area contributed by atoms with Crippen molar-refractivity contribution >= 4 is 34.2 Å². The molecule has 0 nitrogen and oxygen atoms in total. The highest BCUT2D eigenvalue weighted by Gasteiger charge is 1.94. The van der Waals surface area contributed by atoms with Crippen LogP contribution in [0.1, 0.15) is 96.3 Å². The average molecular weight is 401 g/mol. The van der Waals surface area contributed by atoms with E-state index in [4.69, 9.17) is 11.6 Å². The van der Waals surface area contributed by atoms with E-state index in [1.54, 1.807) is 0 Å². The van der Waals surface area contributed by atoms with Gasteiger partial charge in [-0.05, 0) is 17.3 Å². The molecule has 0 rings (SSSR count). The minimum absolute atomic E-state index is 0.845. The van der Waals surface area contributed by atoms with Gasteiger partial charge in [-0.15, -0.1) is 11.6 Å². The molecule has 0 bridgehead atoms. The maximum absolute atomic E-state index is 5.66. The summed E-state index contributed by atoms with van der Waals surface area (Å²) in [7, 11) is 0. The van der Waals surface area contributed by atoms with Gasteiger partial charge in [0.25, 0.3) is 0 Å². The highest BCUT2D eigenvalue weighted by Crippen LogP contribution is 2.13. The van der Waals surface area contributed by atoms with E-state index in [2.05, 4.69) is 22.6 Å². The van der Waals surface area contributed by atoms with Crippen LogP contribution in [0.25, 0.3) is 0 Å². The first-order valence-electron chi connectivity index (χ1n) is 8.53. The van der Waals surface area contributed by atoms with Crippen LogP contribution in [-0.2, 0) is 0 Å². The maximum atomic E-state index is 5.66. The standard InChI is InChI=1S/C17H34ClI/c18-16-14-12-10-8-6-4-2-1-3-5-7-9-11-13-15-17-19/h1-17H2. The second kappa shape index (κ2) is 19.0. The van der Waals surface area contributed by atoms with Crippen LogP contribution in [0.15, 0.2) is 0 Å². The Kier molecular flexibility index (Phi) is 20.0. The van der Waals surface area contributed by atoms with Gasteiger partial charge in [0.2, 0.25) is 0 Å². The van der Waals surface area contributed by atoms with Crippen LogP contribution in [0.5, 0.6) is 0 Å². The van der Waals surface area contributed by atoms with Crippen molar-refractivity contribution in [3.05, 3.63) is 0 Å². The lowest BCUT2D eigenvalue weighted by Gasteiger charge is -2.03. The van der Waals surface area contributed by atoms with Gasteiger partial charge in [0.15, 0.2) is 0 Å². The number of rotatable bonds is 16. The second-order valence-electron chi connectivity index (χ2n) is 5.68. The molecule has 0 N–H and O–H groups in total. The number of unbranched alkanes of at least 4 members (excludes halogenated alkanes) is 14. The SMILES string of the molecule is ClCCCCCCCCCCCCCCCCCI. The van der Waals surface area contributed by atoms with Gasteiger partial charge in [-0.3, -0.25) is 0 Å². The molecule has 0 aromatic heterocycles. The van der Waals surface area contributed by atoms with Gasteiger partial charge in [0.05, 0.1) is 0 Å². The summed E-state index contributed by atoms with van der Waals surface area (Å²) >= 11 is 8.14. The van der Waals surface area contributed by atoms with Crippen molar-refractivity contribution in [2.75, 3.05) is 10.3 Å². The third-order valence-corrected chi connectivity index (χ3v) is 4.80. The third kappa shape index (κ3) is 19.0. The summed E-state index contributed by atoms with van der Waals surface area (Å²) in [5, 5.41) is 0. The van der Waals surface area contributed by atoms with Gasteiger partial charge in [0.1, 0.15) is 0 Å². The molecule has 2 heteroatoms.